The van der Waals surface area contributed by atoms with Crippen molar-refractivity contribution in [2.75, 3.05) is 19.5 Å². The van der Waals surface area contributed by atoms with Crippen LogP contribution in [0.1, 0.15) is 23.4 Å². The first-order valence-corrected chi connectivity index (χ1v) is 10.5. The van der Waals surface area contributed by atoms with E-state index in [-0.39, 0.29) is 12.3 Å². The number of ether oxygens (including phenoxy) is 2. The van der Waals surface area contributed by atoms with Crippen molar-refractivity contribution in [2.24, 2.45) is 0 Å². The lowest BCUT2D eigenvalue weighted by molar-refractivity contribution is -0.116. The van der Waals surface area contributed by atoms with Crippen molar-refractivity contribution < 1.29 is 18.8 Å². The van der Waals surface area contributed by atoms with Crippen molar-refractivity contribution in [3.63, 3.8) is 0 Å². The molecule has 0 aliphatic heterocycles. The summed E-state index contributed by atoms with van der Waals surface area (Å²) in [6.45, 7) is 2.43. The van der Waals surface area contributed by atoms with Gasteiger partial charge in [0.05, 0.1) is 27.0 Å². The molecule has 2 aromatic heterocycles. The van der Waals surface area contributed by atoms with E-state index < -0.39 is 0 Å². The summed E-state index contributed by atoms with van der Waals surface area (Å²) in [5.74, 6) is 2.59. The Morgan fingerprint density at radius 1 is 1.09 bits per heavy atom. The van der Waals surface area contributed by atoms with Gasteiger partial charge in [-0.2, -0.15) is 10.1 Å². The van der Waals surface area contributed by atoms with Gasteiger partial charge in [0.1, 0.15) is 5.82 Å². The third kappa shape index (κ3) is 5.20. The fraction of sp³-hybridized carbons (Fsp3) is 0.250. The summed E-state index contributed by atoms with van der Waals surface area (Å²) >= 11 is 0. The monoisotopic (exact) mass is 447 g/mol. The quantitative estimate of drug-likeness (QED) is 0.415. The number of benzene rings is 2. The third-order valence-electron chi connectivity index (χ3n) is 5.13. The van der Waals surface area contributed by atoms with Crippen LogP contribution in [0.25, 0.3) is 11.4 Å². The molecule has 1 N–H and O–H groups in total. The number of nitrogens with one attached hydrogen (secondary N) is 1. The summed E-state index contributed by atoms with van der Waals surface area (Å²) in [6.07, 6.45) is 2.17. The number of hydrogen-bond acceptors (Lipinski definition) is 7. The highest BCUT2D eigenvalue weighted by molar-refractivity contribution is 5.89. The van der Waals surface area contributed by atoms with E-state index in [0.29, 0.717) is 42.0 Å². The summed E-state index contributed by atoms with van der Waals surface area (Å²) in [6, 6.07) is 15.2. The van der Waals surface area contributed by atoms with E-state index in [4.69, 9.17) is 14.0 Å². The van der Waals surface area contributed by atoms with Gasteiger partial charge in [-0.05, 0) is 13.0 Å². The molecule has 0 saturated carbocycles. The van der Waals surface area contributed by atoms with E-state index in [1.165, 1.54) is 0 Å². The molecule has 0 saturated heterocycles. The molecule has 4 aromatic rings. The second-order valence-electron chi connectivity index (χ2n) is 7.45. The third-order valence-corrected chi connectivity index (χ3v) is 5.13. The van der Waals surface area contributed by atoms with E-state index in [2.05, 4.69) is 20.6 Å². The number of carbonyl (C=O) groups is 1. The fourth-order valence-electron chi connectivity index (χ4n) is 3.41. The van der Waals surface area contributed by atoms with Gasteiger partial charge in [-0.1, -0.05) is 47.1 Å². The van der Waals surface area contributed by atoms with Gasteiger partial charge in [-0.15, -0.1) is 0 Å². The standard InChI is InChI=1S/C24H25N5O4/c1-16-7-9-17(10-8-16)24-27-22(33-28-24)12-11-21(30)26-20-13-14-25-29(20)15-18-5-4-6-19(31-2)23(18)32-3/h4-10,13-14H,11-12,15H2,1-3H3,(H,26,30). The molecule has 9 heteroatoms. The van der Waals surface area contributed by atoms with E-state index in [1.807, 2.05) is 49.4 Å². The minimum Gasteiger partial charge on any atom is -0.493 e. The molecule has 0 atom stereocenters. The zero-order valence-corrected chi connectivity index (χ0v) is 18.7. The number of nitrogens with zero attached hydrogens (tertiary/aromatic N) is 4. The van der Waals surface area contributed by atoms with Crippen LogP contribution in [0, 0.1) is 6.92 Å². The van der Waals surface area contributed by atoms with Crippen LogP contribution in [0.15, 0.2) is 59.3 Å². The molecule has 2 aromatic carbocycles. The number of methoxy groups -OCH3 is 2. The highest BCUT2D eigenvalue weighted by Gasteiger charge is 2.15. The largest absolute Gasteiger partial charge is 0.493 e. The number of para-hydroxylation sites is 1. The molecule has 0 spiro atoms. The first-order chi connectivity index (χ1) is 16.1. The normalized spacial score (nSPS) is 10.8. The lowest BCUT2D eigenvalue weighted by atomic mass is 10.1. The SMILES string of the molecule is COc1cccc(Cn2nccc2NC(=O)CCc2nc(-c3ccc(C)cc3)no2)c1OC. The van der Waals surface area contributed by atoms with Crippen LogP contribution in [-0.4, -0.2) is 40.0 Å². The minimum atomic E-state index is -0.176. The Balaban J connectivity index is 1.37. The maximum atomic E-state index is 12.5. The van der Waals surface area contributed by atoms with Gasteiger partial charge in [0, 0.05) is 30.0 Å². The summed E-state index contributed by atoms with van der Waals surface area (Å²) in [4.78, 5) is 16.9. The Labute approximate surface area is 191 Å². The van der Waals surface area contributed by atoms with Crippen LogP contribution in [-0.2, 0) is 17.8 Å². The topological polar surface area (TPSA) is 104 Å². The van der Waals surface area contributed by atoms with Gasteiger partial charge in [-0.25, -0.2) is 4.68 Å². The van der Waals surface area contributed by atoms with Crippen LogP contribution in [0.2, 0.25) is 0 Å². The first-order valence-electron chi connectivity index (χ1n) is 10.5. The van der Waals surface area contributed by atoms with E-state index >= 15 is 0 Å². The number of amides is 1. The minimum absolute atomic E-state index is 0.176. The Bertz CT molecular complexity index is 1230. The highest BCUT2D eigenvalue weighted by Crippen LogP contribution is 2.31. The van der Waals surface area contributed by atoms with Gasteiger partial charge in [-0.3, -0.25) is 4.79 Å². The number of rotatable bonds is 9. The second kappa shape index (κ2) is 9.99. The van der Waals surface area contributed by atoms with E-state index in [0.717, 1.165) is 16.7 Å². The molecule has 0 fully saturated rings. The smallest absolute Gasteiger partial charge is 0.227 e. The number of hydrogen-bond donors (Lipinski definition) is 1. The molecule has 0 aliphatic rings. The molecule has 2 heterocycles. The van der Waals surface area contributed by atoms with Crippen molar-refractivity contribution in [3.05, 3.63) is 71.7 Å². The van der Waals surface area contributed by atoms with E-state index in [9.17, 15) is 4.79 Å². The van der Waals surface area contributed by atoms with Crippen molar-refractivity contribution in [2.45, 2.75) is 26.3 Å². The lowest BCUT2D eigenvalue weighted by Crippen LogP contribution is -2.16. The molecule has 1 amide bonds. The van der Waals surface area contributed by atoms with Crippen LogP contribution in [0.5, 0.6) is 11.5 Å². The number of anilines is 1. The molecule has 0 radical (unpaired) electrons. The van der Waals surface area contributed by atoms with Crippen LogP contribution in [0.4, 0.5) is 5.82 Å². The van der Waals surface area contributed by atoms with Crippen molar-refractivity contribution in [1.82, 2.24) is 19.9 Å². The molecule has 9 nitrogen and oxygen atoms in total. The van der Waals surface area contributed by atoms with Crippen LogP contribution < -0.4 is 14.8 Å². The van der Waals surface area contributed by atoms with Crippen molar-refractivity contribution >= 4 is 11.7 Å². The zero-order chi connectivity index (χ0) is 23.2. The molecule has 4 rings (SSSR count). The van der Waals surface area contributed by atoms with E-state index in [1.54, 1.807) is 31.2 Å². The lowest BCUT2D eigenvalue weighted by Gasteiger charge is -2.14. The number of aryl methyl sites for hydroxylation is 2. The molecule has 0 unspecified atom stereocenters. The van der Waals surface area contributed by atoms with Crippen LogP contribution >= 0.6 is 0 Å². The molecular weight excluding hydrogens is 422 g/mol. The highest BCUT2D eigenvalue weighted by atomic mass is 16.5. The molecule has 0 bridgehead atoms. The van der Waals surface area contributed by atoms with Gasteiger partial charge in [0.15, 0.2) is 11.5 Å². The summed E-state index contributed by atoms with van der Waals surface area (Å²) in [5, 5.41) is 11.2. The molecule has 33 heavy (non-hydrogen) atoms. The Morgan fingerprint density at radius 2 is 1.91 bits per heavy atom. The van der Waals surface area contributed by atoms with Gasteiger partial charge >= 0.3 is 0 Å². The first kappa shape index (κ1) is 22.1. The molecule has 170 valence electrons. The van der Waals surface area contributed by atoms with Crippen molar-refractivity contribution in [1.29, 1.82) is 0 Å². The predicted molar refractivity (Wildman–Crippen MR) is 122 cm³/mol. The van der Waals surface area contributed by atoms with Crippen molar-refractivity contribution in [3.8, 4) is 22.9 Å². The number of aromatic nitrogens is 4. The van der Waals surface area contributed by atoms with Gasteiger partial charge in [0.25, 0.3) is 0 Å². The summed E-state index contributed by atoms with van der Waals surface area (Å²) in [7, 11) is 3.18. The summed E-state index contributed by atoms with van der Waals surface area (Å²) in [5.41, 5.74) is 2.91. The Hall–Kier alpha value is -4.14. The Morgan fingerprint density at radius 3 is 2.67 bits per heavy atom. The number of carbonyl (C=O) groups excluding carboxylic acids is 1. The second-order valence-corrected chi connectivity index (χ2v) is 7.45. The molecular formula is C24H25N5O4. The van der Waals surface area contributed by atoms with Gasteiger partial charge in [0.2, 0.25) is 17.6 Å². The molecule has 0 aliphatic carbocycles. The maximum absolute atomic E-state index is 12.5. The Kier molecular flexibility index (Phi) is 6.68. The fourth-order valence-corrected chi connectivity index (χ4v) is 3.41. The average molecular weight is 447 g/mol. The van der Waals surface area contributed by atoms with Gasteiger partial charge < -0.3 is 19.3 Å². The average Bonchev–Trinajstić information content (AvgIpc) is 3.48. The summed E-state index contributed by atoms with van der Waals surface area (Å²) < 4.78 is 17.8. The van der Waals surface area contributed by atoms with Crippen LogP contribution in [0.3, 0.4) is 0 Å². The predicted octanol–water partition coefficient (Wildman–Crippen LogP) is 3.88. The maximum Gasteiger partial charge on any atom is 0.227 e. The zero-order valence-electron chi connectivity index (χ0n) is 18.7.